The van der Waals surface area contributed by atoms with Gasteiger partial charge in [0.2, 0.25) is 5.91 Å². The van der Waals surface area contributed by atoms with Gasteiger partial charge in [0.05, 0.1) is 6.33 Å². The molecular weight excluding hydrogens is 334 g/mol. The van der Waals surface area contributed by atoms with Crippen molar-refractivity contribution in [3.05, 3.63) is 27.2 Å². The van der Waals surface area contributed by atoms with E-state index in [0.29, 0.717) is 23.1 Å². The molecule has 2 atom stereocenters. The summed E-state index contributed by atoms with van der Waals surface area (Å²) in [5.74, 6) is 0.659. The monoisotopic (exact) mass is 359 g/mol. The Hall–Kier alpha value is -2.38. The Kier molecular flexibility index (Phi) is 4.20. The third-order valence-electron chi connectivity index (χ3n) is 6.09. The number of rotatable bonds is 2. The van der Waals surface area contributed by atoms with Crippen LogP contribution in [0.25, 0.3) is 11.2 Å². The van der Waals surface area contributed by atoms with Crippen LogP contribution in [0.2, 0.25) is 0 Å². The summed E-state index contributed by atoms with van der Waals surface area (Å²) >= 11 is 0. The molecule has 2 fully saturated rings. The fourth-order valence-corrected chi connectivity index (χ4v) is 4.69. The highest BCUT2D eigenvalue weighted by Gasteiger charge is 2.35. The first kappa shape index (κ1) is 17.1. The minimum absolute atomic E-state index is 0.0387. The van der Waals surface area contributed by atoms with Crippen LogP contribution >= 0.6 is 0 Å². The second-order valence-corrected chi connectivity index (χ2v) is 7.59. The van der Waals surface area contributed by atoms with Crippen molar-refractivity contribution < 1.29 is 4.79 Å². The summed E-state index contributed by atoms with van der Waals surface area (Å²) in [6.45, 7) is 0.885. The van der Waals surface area contributed by atoms with Crippen molar-refractivity contribution in [2.75, 3.05) is 6.54 Å². The van der Waals surface area contributed by atoms with Gasteiger partial charge in [-0.25, -0.2) is 9.78 Å². The standard InChI is InChI=1S/C18H25N5O3/c1-20-16-15(17(25)21(2)18(20)26)22(11-19-16)10-14(24)23-9-5-7-12-6-3-4-8-13(12)23/h11-13H,3-10H2,1-2H3/t12-,13+/m1/s1. The second-order valence-electron chi connectivity index (χ2n) is 7.59. The molecule has 1 amide bonds. The lowest BCUT2D eigenvalue weighted by atomic mass is 9.78. The number of amides is 1. The van der Waals surface area contributed by atoms with E-state index in [1.807, 2.05) is 4.90 Å². The van der Waals surface area contributed by atoms with Gasteiger partial charge in [-0.2, -0.15) is 0 Å². The number of hydrogen-bond donors (Lipinski definition) is 0. The van der Waals surface area contributed by atoms with E-state index in [4.69, 9.17) is 0 Å². The van der Waals surface area contributed by atoms with Crippen LogP contribution in [0.5, 0.6) is 0 Å². The number of hydrogen-bond acceptors (Lipinski definition) is 4. The van der Waals surface area contributed by atoms with Crippen LogP contribution < -0.4 is 11.2 Å². The van der Waals surface area contributed by atoms with E-state index < -0.39 is 11.2 Å². The van der Waals surface area contributed by atoms with E-state index >= 15 is 0 Å². The molecule has 26 heavy (non-hydrogen) atoms. The van der Waals surface area contributed by atoms with E-state index in [9.17, 15) is 14.4 Å². The van der Waals surface area contributed by atoms with E-state index in [1.54, 1.807) is 11.6 Å². The van der Waals surface area contributed by atoms with Crippen LogP contribution in [0.1, 0.15) is 38.5 Å². The Morgan fingerprint density at radius 2 is 1.85 bits per heavy atom. The number of likely N-dealkylation sites (tertiary alicyclic amines) is 1. The highest BCUT2D eigenvalue weighted by atomic mass is 16.2. The molecule has 4 rings (SSSR count). The summed E-state index contributed by atoms with van der Waals surface area (Å²) in [4.78, 5) is 43.8. The predicted molar refractivity (Wildman–Crippen MR) is 96.9 cm³/mol. The zero-order valence-corrected chi connectivity index (χ0v) is 15.3. The maximum absolute atomic E-state index is 13.0. The lowest BCUT2D eigenvalue weighted by Crippen LogP contribution is -2.50. The van der Waals surface area contributed by atoms with Gasteiger partial charge in [-0.3, -0.25) is 18.7 Å². The van der Waals surface area contributed by atoms with Gasteiger partial charge in [0.15, 0.2) is 11.2 Å². The van der Waals surface area contributed by atoms with Gasteiger partial charge in [-0.1, -0.05) is 12.8 Å². The van der Waals surface area contributed by atoms with Crippen molar-refractivity contribution in [3.63, 3.8) is 0 Å². The molecule has 0 radical (unpaired) electrons. The van der Waals surface area contributed by atoms with Crippen molar-refractivity contribution >= 4 is 17.1 Å². The van der Waals surface area contributed by atoms with Crippen LogP contribution in [-0.4, -0.2) is 42.1 Å². The second kappa shape index (κ2) is 6.41. The number of carbonyl (C=O) groups excluding carboxylic acids is 1. The molecule has 0 unspecified atom stereocenters. The predicted octanol–water partition coefficient (Wildman–Crippen LogP) is 0.615. The molecule has 0 aromatic carbocycles. The first-order valence-electron chi connectivity index (χ1n) is 9.39. The number of carbonyl (C=O) groups is 1. The number of aryl methyl sites for hydroxylation is 1. The Balaban J connectivity index is 1.66. The Labute approximate surface area is 151 Å². The molecule has 3 heterocycles. The van der Waals surface area contributed by atoms with Gasteiger partial charge in [0.1, 0.15) is 6.54 Å². The summed E-state index contributed by atoms with van der Waals surface area (Å²) < 4.78 is 3.99. The quantitative estimate of drug-likeness (QED) is 0.787. The Morgan fingerprint density at radius 1 is 1.12 bits per heavy atom. The molecule has 1 saturated heterocycles. The highest BCUT2D eigenvalue weighted by Crippen LogP contribution is 2.35. The van der Waals surface area contributed by atoms with Gasteiger partial charge < -0.3 is 9.47 Å². The summed E-state index contributed by atoms with van der Waals surface area (Å²) in [5, 5.41) is 0. The van der Waals surface area contributed by atoms with E-state index in [2.05, 4.69) is 4.98 Å². The molecule has 8 heteroatoms. The summed E-state index contributed by atoms with van der Waals surface area (Å²) in [6, 6.07) is 0.340. The smallest absolute Gasteiger partial charge is 0.332 e. The number of aromatic nitrogens is 4. The van der Waals surface area contributed by atoms with Crippen LogP contribution in [-0.2, 0) is 25.4 Å². The van der Waals surface area contributed by atoms with Crippen LogP contribution in [0.3, 0.4) is 0 Å². The molecule has 0 spiro atoms. The normalized spacial score (nSPS) is 23.2. The third kappa shape index (κ3) is 2.59. The van der Waals surface area contributed by atoms with Crippen molar-refractivity contribution in [1.82, 2.24) is 23.6 Å². The van der Waals surface area contributed by atoms with Gasteiger partial charge in [0.25, 0.3) is 5.56 Å². The SMILES string of the molecule is Cn1c(=O)c2c(ncn2CC(=O)N2CCC[C@H]3CCCC[C@@H]32)n(C)c1=O. The zero-order chi connectivity index (χ0) is 18.4. The molecule has 140 valence electrons. The van der Waals surface area contributed by atoms with Gasteiger partial charge >= 0.3 is 5.69 Å². The fourth-order valence-electron chi connectivity index (χ4n) is 4.69. The molecule has 1 aliphatic carbocycles. The molecule has 8 nitrogen and oxygen atoms in total. The average Bonchev–Trinajstić information content (AvgIpc) is 3.07. The number of imidazole rings is 1. The van der Waals surface area contributed by atoms with Crippen molar-refractivity contribution in [2.45, 2.75) is 51.1 Å². The maximum Gasteiger partial charge on any atom is 0.332 e. The molecule has 1 aliphatic heterocycles. The Morgan fingerprint density at radius 3 is 2.65 bits per heavy atom. The summed E-state index contributed by atoms with van der Waals surface area (Å²) in [7, 11) is 3.03. The van der Waals surface area contributed by atoms with Gasteiger partial charge in [-0.05, 0) is 31.6 Å². The van der Waals surface area contributed by atoms with Crippen LogP contribution in [0.4, 0.5) is 0 Å². The zero-order valence-electron chi connectivity index (χ0n) is 15.3. The first-order valence-corrected chi connectivity index (χ1v) is 9.39. The van der Waals surface area contributed by atoms with Crippen molar-refractivity contribution in [2.24, 2.45) is 20.0 Å². The number of fused-ring (bicyclic) bond motifs is 2. The van der Waals surface area contributed by atoms with Crippen molar-refractivity contribution in [3.8, 4) is 0 Å². The topological polar surface area (TPSA) is 82.1 Å². The number of piperidine rings is 1. The summed E-state index contributed by atoms with van der Waals surface area (Å²) in [5.41, 5.74) is -0.206. The maximum atomic E-state index is 13.0. The largest absolute Gasteiger partial charge is 0.338 e. The van der Waals surface area contributed by atoms with Crippen LogP contribution in [0, 0.1) is 5.92 Å². The minimum atomic E-state index is -0.417. The fraction of sp³-hybridized carbons (Fsp3) is 0.667. The van der Waals surface area contributed by atoms with Crippen LogP contribution in [0.15, 0.2) is 15.9 Å². The third-order valence-corrected chi connectivity index (χ3v) is 6.09. The van der Waals surface area contributed by atoms with E-state index in [-0.39, 0.29) is 12.5 Å². The lowest BCUT2D eigenvalue weighted by molar-refractivity contribution is -0.138. The molecular formula is C18H25N5O3. The summed E-state index contributed by atoms with van der Waals surface area (Å²) in [6.07, 6.45) is 8.49. The molecule has 2 aromatic rings. The number of nitrogens with zero attached hydrogens (tertiary/aromatic N) is 5. The van der Waals surface area contributed by atoms with Gasteiger partial charge in [-0.15, -0.1) is 0 Å². The van der Waals surface area contributed by atoms with Gasteiger partial charge in [0, 0.05) is 26.7 Å². The first-order chi connectivity index (χ1) is 12.5. The van der Waals surface area contributed by atoms with E-state index in [0.717, 1.165) is 24.0 Å². The highest BCUT2D eigenvalue weighted by molar-refractivity contribution is 5.79. The Bertz CT molecular complexity index is 968. The lowest BCUT2D eigenvalue weighted by Gasteiger charge is -2.44. The van der Waals surface area contributed by atoms with Crippen molar-refractivity contribution in [1.29, 1.82) is 0 Å². The molecule has 0 bridgehead atoms. The van der Waals surface area contributed by atoms with E-state index in [1.165, 1.54) is 43.6 Å². The average molecular weight is 359 g/mol. The molecule has 2 aliphatic rings. The molecule has 1 saturated carbocycles. The molecule has 0 N–H and O–H groups in total. The molecule has 2 aromatic heterocycles. The minimum Gasteiger partial charge on any atom is -0.338 e.